The first-order valence-electron chi connectivity index (χ1n) is 7.21. The Kier molecular flexibility index (Phi) is 4.84. The number of rotatable bonds is 6. The summed E-state index contributed by atoms with van der Waals surface area (Å²) in [6.45, 7) is 7.33. The van der Waals surface area contributed by atoms with Crippen molar-refractivity contribution in [3.8, 4) is 0 Å². The van der Waals surface area contributed by atoms with Gasteiger partial charge in [0.25, 0.3) is 0 Å². The second-order valence-electron chi connectivity index (χ2n) is 5.55. The number of anilines is 2. The van der Waals surface area contributed by atoms with Crippen LogP contribution in [0, 0.1) is 11.8 Å². The van der Waals surface area contributed by atoms with E-state index >= 15 is 0 Å². The molecule has 1 aliphatic rings. The van der Waals surface area contributed by atoms with Gasteiger partial charge in [0, 0.05) is 31.0 Å². The number of carbonyl (C=O) groups excluding carboxylic acids is 1. The van der Waals surface area contributed by atoms with E-state index in [1.165, 1.54) is 0 Å². The van der Waals surface area contributed by atoms with Crippen LogP contribution in [0.25, 0.3) is 0 Å². The Labute approximate surface area is 120 Å². The SMILES string of the molecule is CC(C)C(CN)CNc1cccc(N2CCNC2=O)c1. The molecule has 4 N–H and O–H groups in total. The average molecular weight is 276 g/mol. The molecule has 0 saturated carbocycles. The van der Waals surface area contributed by atoms with Gasteiger partial charge < -0.3 is 16.4 Å². The molecule has 5 nitrogen and oxygen atoms in total. The maximum absolute atomic E-state index is 11.7. The fourth-order valence-corrected chi connectivity index (χ4v) is 2.34. The number of hydrogen-bond donors (Lipinski definition) is 3. The largest absolute Gasteiger partial charge is 0.385 e. The molecule has 0 radical (unpaired) electrons. The Balaban J connectivity index is 2.01. The normalized spacial score (nSPS) is 16.4. The third kappa shape index (κ3) is 3.42. The molecule has 0 spiro atoms. The van der Waals surface area contributed by atoms with Crippen molar-refractivity contribution >= 4 is 17.4 Å². The van der Waals surface area contributed by atoms with Crippen LogP contribution in [-0.2, 0) is 0 Å². The van der Waals surface area contributed by atoms with Crippen LogP contribution in [0.5, 0.6) is 0 Å². The van der Waals surface area contributed by atoms with Gasteiger partial charge in [-0.25, -0.2) is 4.79 Å². The lowest BCUT2D eigenvalue weighted by Gasteiger charge is -2.21. The Morgan fingerprint density at radius 2 is 2.25 bits per heavy atom. The Morgan fingerprint density at radius 3 is 2.85 bits per heavy atom. The summed E-state index contributed by atoms with van der Waals surface area (Å²) in [7, 11) is 0. The average Bonchev–Trinajstić information content (AvgIpc) is 2.86. The van der Waals surface area contributed by atoms with Gasteiger partial charge in [0.15, 0.2) is 0 Å². The Bertz CT molecular complexity index is 461. The van der Waals surface area contributed by atoms with Crippen LogP contribution in [0.4, 0.5) is 16.2 Å². The van der Waals surface area contributed by atoms with Gasteiger partial charge in [-0.15, -0.1) is 0 Å². The summed E-state index contributed by atoms with van der Waals surface area (Å²) in [5, 5.41) is 6.23. The molecular formula is C15H24N4O. The highest BCUT2D eigenvalue weighted by Gasteiger charge is 2.21. The molecule has 0 aliphatic carbocycles. The van der Waals surface area contributed by atoms with Crippen LogP contribution in [-0.4, -0.2) is 32.2 Å². The van der Waals surface area contributed by atoms with Gasteiger partial charge in [0.2, 0.25) is 0 Å². The van der Waals surface area contributed by atoms with E-state index in [0.29, 0.717) is 24.9 Å². The van der Waals surface area contributed by atoms with Crippen LogP contribution in [0.1, 0.15) is 13.8 Å². The second kappa shape index (κ2) is 6.61. The van der Waals surface area contributed by atoms with Gasteiger partial charge >= 0.3 is 6.03 Å². The first-order valence-corrected chi connectivity index (χ1v) is 7.21. The van der Waals surface area contributed by atoms with Crippen LogP contribution in [0.15, 0.2) is 24.3 Å². The van der Waals surface area contributed by atoms with Crippen molar-refractivity contribution < 1.29 is 4.79 Å². The van der Waals surface area contributed by atoms with Gasteiger partial charge in [-0.3, -0.25) is 4.90 Å². The number of nitrogens with one attached hydrogen (secondary N) is 2. The van der Waals surface area contributed by atoms with Crippen molar-refractivity contribution in [1.29, 1.82) is 0 Å². The maximum atomic E-state index is 11.7. The number of urea groups is 1. The van der Waals surface area contributed by atoms with Crippen molar-refractivity contribution in [2.45, 2.75) is 13.8 Å². The smallest absolute Gasteiger partial charge is 0.321 e. The quantitative estimate of drug-likeness (QED) is 0.742. The molecule has 1 heterocycles. The van der Waals surface area contributed by atoms with E-state index in [2.05, 4.69) is 24.5 Å². The predicted molar refractivity (Wildman–Crippen MR) is 83.1 cm³/mol. The van der Waals surface area contributed by atoms with Gasteiger partial charge in [0.1, 0.15) is 0 Å². The van der Waals surface area contributed by atoms with Crippen LogP contribution >= 0.6 is 0 Å². The van der Waals surface area contributed by atoms with Crippen molar-refractivity contribution in [3.63, 3.8) is 0 Å². The molecule has 0 bridgehead atoms. The van der Waals surface area contributed by atoms with E-state index in [0.717, 1.165) is 24.5 Å². The zero-order chi connectivity index (χ0) is 14.5. The standard InChI is InChI=1S/C15H24N4O/c1-11(2)12(9-16)10-18-13-4-3-5-14(8-13)19-7-6-17-15(19)20/h3-5,8,11-12,18H,6-7,9-10,16H2,1-2H3,(H,17,20). The third-order valence-electron chi connectivity index (χ3n) is 3.83. The third-order valence-corrected chi connectivity index (χ3v) is 3.83. The minimum absolute atomic E-state index is 0.0239. The first kappa shape index (κ1) is 14.7. The molecule has 20 heavy (non-hydrogen) atoms. The molecule has 1 unspecified atom stereocenters. The topological polar surface area (TPSA) is 70.4 Å². The van der Waals surface area contributed by atoms with Crippen molar-refractivity contribution in [1.82, 2.24) is 5.32 Å². The number of benzene rings is 1. The molecule has 0 aromatic heterocycles. The van der Waals surface area contributed by atoms with Crippen molar-refractivity contribution in [2.24, 2.45) is 17.6 Å². The number of amides is 2. The lowest BCUT2D eigenvalue weighted by atomic mass is 9.96. The minimum Gasteiger partial charge on any atom is -0.385 e. The van der Waals surface area contributed by atoms with E-state index in [9.17, 15) is 4.79 Å². The molecule has 1 aromatic rings. The molecule has 2 rings (SSSR count). The zero-order valence-corrected chi connectivity index (χ0v) is 12.2. The summed E-state index contributed by atoms with van der Waals surface area (Å²) in [4.78, 5) is 13.4. The highest BCUT2D eigenvalue weighted by molar-refractivity contribution is 5.94. The second-order valence-corrected chi connectivity index (χ2v) is 5.55. The van der Waals surface area contributed by atoms with E-state index < -0.39 is 0 Å². The van der Waals surface area contributed by atoms with Gasteiger partial charge in [-0.05, 0) is 36.6 Å². The van der Waals surface area contributed by atoms with Crippen LogP contribution < -0.4 is 21.3 Å². The molecule has 5 heteroatoms. The highest BCUT2D eigenvalue weighted by atomic mass is 16.2. The fourth-order valence-electron chi connectivity index (χ4n) is 2.34. The summed E-state index contributed by atoms with van der Waals surface area (Å²) in [6.07, 6.45) is 0. The van der Waals surface area contributed by atoms with Gasteiger partial charge in [-0.2, -0.15) is 0 Å². The molecule has 1 aliphatic heterocycles. The van der Waals surface area contributed by atoms with E-state index in [1.807, 2.05) is 24.3 Å². The molecule has 1 aromatic carbocycles. The van der Waals surface area contributed by atoms with E-state index in [4.69, 9.17) is 5.73 Å². The molecule has 2 amide bonds. The first-order chi connectivity index (χ1) is 9.61. The van der Waals surface area contributed by atoms with Gasteiger partial charge in [0.05, 0.1) is 0 Å². The lowest BCUT2D eigenvalue weighted by molar-refractivity contribution is 0.252. The monoisotopic (exact) mass is 276 g/mol. The molecule has 1 atom stereocenters. The zero-order valence-electron chi connectivity index (χ0n) is 12.2. The van der Waals surface area contributed by atoms with Crippen LogP contribution in [0.2, 0.25) is 0 Å². The minimum atomic E-state index is -0.0239. The maximum Gasteiger partial charge on any atom is 0.321 e. The van der Waals surface area contributed by atoms with Crippen molar-refractivity contribution in [3.05, 3.63) is 24.3 Å². The Morgan fingerprint density at radius 1 is 1.45 bits per heavy atom. The van der Waals surface area contributed by atoms with E-state index in [-0.39, 0.29) is 6.03 Å². The number of carbonyl (C=O) groups is 1. The number of hydrogen-bond acceptors (Lipinski definition) is 3. The van der Waals surface area contributed by atoms with Crippen molar-refractivity contribution in [2.75, 3.05) is 36.4 Å². The van der Waals surface area contributed by atoms with Gasteiger partial charge in [-0.1, -0.05) is 19.9 Å². The predicted octanol–water partition coefficient (Wildman–Crippen LogP) is 1.86. The summed E-state index contributed by atoms with van der Waals surface area (Å²) < 4.78 is 0. The van der Waals surface area contributed by atoms with E-state index in [1.54, 1.807) is 4.90 Å². The van der Waals surface area contributed by atoms with Crippen LogP contribution in [0.3, 0.4) is 0 Å². The number of nitrogens with zero attached hydrogens (tertiary/aromatic N) is 1. The summed E-state index contributed by atoms with van der Waals surface area (Å²) in [5.41, 5.74) is 7.74. The summed E-state index contributed by atoms with van der Waals surface area (Å²) >= 11 is 0. The molecule has 1 fully saturated rings. The molecule has 1 saturated heterocycles. The lowest BCUT2D eigenvalue weighted by Crippen LogP contribution is -2.28. The molecular weight excluding hydrogens is 252 g/mol. The Hall–Kier alpha value is -1.75. The molecule has 110 valence electrons. The fraction of sp³-hybridized carbons (Fsp3) is 0.533. The summed E-state index contributed by atoms with van der Waals surface area (Å²) in [6, 6.07) is 7.93. The number of nitrogens with two attached hydrogens (primary N) is 1. The highest BCUT2D eigenvalue weighted by Crippen LogP contribution is 2.21. The summed E-state index contributed by atoms with van der Waals surface area (Å²) in [5.74, 6) is 1.01.